The lowest BCUT2D eigenvalue weighted by Crippen LogP contribution is -2.14. The van der Waals surface area contributed by atoms with Gasteiger partial charge < -0.3 is 18.9 Å². The zero-order chi connectivity index (χ0) is 23.1. The lowest BCUT2D eigenvalue weighted by Gasteiger charge is -2.21. The second-order valence-electron chi connectivity index (χ2n) is 7.68. The van der Waals surface area contributed by atoms with E-state index in [1.54, 1.807) is 30.3 Å². The summed E-state index contributed by atoms with van der Waals surface area (Å²) in [6.07, 6.45) is 1.64. The highest BCUT2D eigenvalue weighted by Crippen LogP contribution is 2.39. The molecule has 8 heteroatoms. The SMILES string of the molecule is Cc1cc(OCc2cc(Cl)cc3c2OCOC3)cc2c1C(=O)/C(=C/c1ccc(Cl)c(Cl)c1)O2. The van der Waals surface area contributed by atoms with E-state index in [0.717, 1.165) is 22.4 Å². The van der Waals surface area contributed by atoms with Crippen LogP contribution >= 0.6 is 34.8 Å². The van der Waals surface area contributed by atoms with Crippen LogP contribution in [-0.2, 0) is 18.0 Å². The van der Waals surface area contributed by atoms with Crippen molar-refractivity contribution in [3.05, 3.63) is 91.1 Å². The monoisotopic (exact) mass is 502 g/mol. The normalized spacial score (nSPS) is 15.6. The Bertz CT molecular complexity index is 1320. The van der Waals surface area contributed by atoms with Gasteiger partial charge in [0, 0.05) is 22.2 Å². The van der Waals surface area contributed by atoms with Gasteiger partial charge in [0.1, 0.15) is 23.9 Å². The van der Waals surface area contributed by atoms with E-state index in [9.17, 15) is 4.79 Å². The van der Waals surface area contributed by atoms with Gasteiger partial charge >= 0.3 is 0 Å². The minimum atomic E-state index is -0.197. The summed E-state index contributed by atoms with van der Waals surface area (Å²) in [7, 11) is 0. The highest BCUT2D eigenvalue weighted by molar-refractivity contribution is 6.42. The lowest BCUT2D eigenvalue weighted by molar-refractivity contribution is -0.0175. The fourth-order valence-corrected chi connectivity index (χ4v) is 4.41. The maximum Gasteiger partial charge on any atom is 0.232 e. The van der Waals surface area contributed by atoms with Crippen LogP contribution in [0.2, 0.25) is 15.1 Å². The molecule has 33 heavy (non-hydrogen) atoms. The molecule has 0 saturated carbocycles. The molecular weight excluding hydrogens is 487 g/mol. The molecule has 0 spiro atoms. The molecule has 2 aliphatic heterocycles. The van der Waals surface area contributed by atoms with E-state index in [1.165, 1.54) is 0 Å². The summed E-state index contributed by atoms with van der Waals surface area (Å²) in [5, 5.41) is 1.43. The number of rotatable bonds is 4. The van der Waals surface area contributed by atoms with E-state index in [0.29, 0.717) is 44.3 Å². The topological polar surface area (TPSA) is 54.0 Å². The van der Waals surface area contributed by atoms with Crippen LogP contribution in [-0.4, -0.2) is 12.6 Å². The van der Waals surface area contributed by atoms with Crippen LogP contribution in [0.3, 0.4) is 0 Å². The van der Waals surface area contributed by atoms with Crippen molar-refractivity contribution in [1.82, 2.24) is 0 Å². The molecule has 0 atom stereocenters. The second kappa shape index (κ2) is 8.92. The Balaban J connectivity index is 1.39. The fraction of sp³-hybridized carbons (Fsp3) is 0.160. The quantitative estimate of drug-likeness (QED) is 0.358. The predicted octanol–water partition coefficient (Wildman–Crippen LogP) is 7.02. The van der Waals surface area contributed by atoms with E-state index in [4.69, 9.17) is 53.8 Å². The van der Waals surface area contributed by atoms with Crippen LogP contribution in [0.5, 0.6) is 17.2 Å². The van der Waals surface area contributed by atoms with Crippen LogP contribution in [0, 0.1) is 6.92 Å². The van der Waals surface area contributed by atoms with E-state index in [-0.39, 0.29) is 24.9 Å². The molecule has 5 nitrogen and oxygen atoms in total. The molecule has 0 saturated heterocycles. The van der Waals surface area contributed by atoms with Crippen LogP contribution in [0.1, 0.15) is 32.6 Å². The van der Waals surface area contributed by atoms with Crippen molar-refractivity contribution in [2.75, 3.05) is 6.79 Å². The molecular formula is C25H17Cl3O5. The first-order chi connectivity index (χ1) is 15.9. The molecule has 0 amide bonds. The maximum atomic E-state index is 12.9. The van der Waals surface area contributed by atoms with E-state index >= 15 is 0 Å². The number of hydrogen-bond acceptors (Lipinski definition) is 5. The summed E-state index contributed by atoms with van der Waals surface area (Å²) in [6.45, 7) is 2.70. The Hall–Kier alpha value is -2.70. The van der Waals surface area contributed by atoms with E-state index in [2.05, 4.69) is 0 Å². The van der Waals surface area contributed by atoms with Gasteiger partial charge in [-0.2, -0.15) is 0 Å². The van der Waals surface area contributed by atoms with Gasteiger partial charge in [0.05, 0.1) is 22.2 Å². The Morgan fingerprint density at radius 1 is 1.06 bits per heavy atom. The Labute approximate surface area is 205 Å². The smallest absolute Gasteiger partial charge is 0.232 e. The number of allylic oxidation sites excluding steroid dienone is 1. The van der Waals surface area contributed by atoms with Crippen molar-refractivity contribution < 1.29 is 23.7 Å². The van der Waals surface area contributed by atoms with Crippen LogP contribution in [0.15, 0.2) is 48.2 Å². The van der Waals surface area contributed by atoms with Gasteiger partial charge in [-0.1, -0.05) is 40.9 Å². The average Bonchev–Trinajstić information content (AvgIpc) is 3.10. The van der Waals surface area contributed by atoms with E-state index < -0.39 is 0 Å². The van der Waals surface area contributed by atoms with Gasteiger partial charge in [0.25, 0.3) is 0 Å². The molecule has 0 aromatic heterocycles. The molecule has 5 rings (SSSR count). The standard InChI is InChI=1S/C25H17Cl3O5/c1-13-4-18(31-11-16-8-17(26)7-15-10-30-12-32-25(15)16)9-21-23(13)24(29)22(33-21)6-14-2-3-19(27)20(28)5-14/h2-9H,10-12H2,1H3/b22-6-. The minimum absolute atomic E-state index is 0.184. The lowest BCUT2D eigenvalue weighted by atomic mass is 10.0. The third-order valence-electron chi connectivity index (χ3n) is 5.33. The van der Waals surface area contributed by atoms with Crippen molar-refractivity contribution in [2.45, 2.75) is 20.1 Å². The summed E-state index contributed by atoms with van der Waals surface area (Å²) in [5.41, 5.74) is 3.67. The summed E-state index contributed by atoms with van der Waals surface area (Å²) < 4.78 is 22.8. The number of fused-ring (bicyclic) bond motifs is 2. The number of ether oxygens (including phenoxy) is 4. The predicted molar refractivity (Wildman–Crippen MR) is 127 cm³/mol. The van der Waals surface area contributed by atoms with Gasteiger partial charge in [0.2, 0.25) is 5.78 Å². The molecule has 3 aromatic carbocycles. The van der Waals surface area contributed by atoms with Gasteiger partial charge in [-0.25, -0.2) is 0 Å². The second-order valence-corrected chi connectivity index (χ2v) is 8.93. The number of Topliss-reactive ketones (excluding diaryl/α,β-unsaturated/α-hetero) is 1. The summed E-state index contributed by atoms with van der Waals surface area (Å²) in [4.78, 5) is 12.9. The number of carbonyl (C=O) groups is 1. The highest BCUT2D eigenvalue weighted by Gasteiger charge is 2.30. The number of ketones is 1. The molecule has 2 aliphatic rings. The third-order valence-corrected chi connectivity index (χ3v) is 6.29. The first kappa shape index (κ1) is 22.1. The van der Waals surface area contributed by atoms with E-state index in [1.807, 2.05) is 25.1 Å². The highest BCUT2D eigenvalue weighted by atomic mass is 35.5. The molecule has 0 fully saturated rings. The van der Waals surface area contributed by atoms with Crippen molar-refractivity contribution in [3.63, 3.8) is 0 Å². The van der Waals surface area contributed by atoms with Crippen LogP contribution in [0.4, 0.5) is 0 Å². The summed E-state index contributed by atoms with van der Waals surface area (Å²) in [5.74, 6) is 1.75. The number of halogens is 3. The summed E-state index contributed by atoms with van der Waals surface area (Å²) >= 11 is 18.3. The maximum absolute atomic E-state index is 12.9. The van der Waals surface area contributed by atoms with Crippen LogP contribution < -0.4 is 14.2 Å². The first-order valence-corrected chi connectivity index (χ1v) is 11.2. The van der Waals surface area contributed by atoms with Gasteiger partial charge in [-0.15, -0.1) is 0 Å². The number of aryl methyl sites for hydroxylation is 1. The largest absolute Gasteiger partial charge is 0.489 e. The Morgan fingerprint density at radius 3 is 2.73 bits per heavy atom. The molecule has 0 bridgehead atoms. The summed E-state index contributed by atoms with van der Waals surface area (Å²) in [6, 6.07) is 12.3. The number of hydrogen-bond donors (Lipinski definition) is 0. The molecule has 2 heterocycles. The van der Waals surface area contributed by atoms with Crippen molar-refractivity contribution in [2.24, 2.45) is 0 Å². The number of carbonyl (C=O) groups excluding carboxylic acids is 1. The zero-order valence-electron chi connectivity index (χ0n) is 17.4. The van der Waals surface area contributed by atoms with Crippen molar-refractivity contribution in [1.29, 1.82) is 0 Å². The number of benzene rings is 3. The third kappa shape index (κ3) is 4.42. The molecule has 168 valence electrons. The zero-order valence-corrected chi connectivity index (χ0v) is 19.7. The van der Waals surface area contributed by atoms with Crippen LogP contribution in [0.25, 0.3) is 6.08 Å². The van der Waals surface area contributed by atoms with Gasteiger partial charge in [-0.05, 0) is 54.5 Å². The Morgan fingerprint density at radius 2 is 1.91 bits per heavy atom. The van der Waals surface area contributed by atoms with Crippen molar-refractivity contribution >= 4 is 46.7 Å². The fourth-order valence-electron chi connectivity index (χ4n) is 3.84. The molecule has 0 unspecified atom stereocenters. The minimum Gasteiger partial charge on any atom is -0.489 e. The molecule has 0 aliphatic carbocycles. The average molecular weight is 504 g/mol. The van der Waals surface area contributed by atoms with Crippen molar-refractivity contribution in [3.8, 4) is 17.2 Å². The molecule has 3 aromatic rings. The Kier molecular flexibility index (Phi) is 5.97. The molecule has 0 N–H and O–H groups in total. The van der Waals surface area contributed by atoms with Gasteiger partial charge in [-0.3, -0.25) is 4.79 Å². The molecule has 0 radical (unpaired) electrons. The first-order valence-electron chi connectivity index (χ1n) is 10.1. The van der Waals surface area contributed by atoms with Gasteiger partial charge in [0.15, 0.2) is 12.6 Å².